The molecule has 0 fully saturated rings. The fourth-order valence-electron chi connectivity index (χ4n) is 0.924. The van der Waals surface area contributed by atoms with E-state index in [-0.39, 0.29) is 0 Å². The second-order valence-corrected chi connectivity index (χ2v) is 4.22. The van der Waals surface area contributed by atoms with Gasteiger partial charge in [-0.15, -0.1) is 0 Å². The van der Waals surface area contributed by atoms with Gasteiger partial charge in [0, 0.05) is 0 Å². The van der Waals surface area contributed by atoms with Gasteiger partial charge >= 0.3 is 5.97 Å². The lowest BCUT2D eigenvalue weighted by atomic mass is 10.1. The van der Waals surface area contributed by atoms with Crippen molar-refractivity contribution in [3.8, 4) is 0 Å². The van der Waals surface area contributed by atoms with Crippen LogP contribution in [-0.2, 0) is 9.53 Å². The fourth-order valence-corrected chi connectivity index (χ4v) is 1.62. The standard InChI is InChI=1S/C9H19NO3S/c1-3-13-9(12)8(10)7(11)5-6-14-4-2/h7-8,11H,3-6,10H2,1-2H3. The van der Waals surface area contributed by atoms with E-state index in [0.717, 1.165) is 11.5 Å². The molecular formula is C9H19NO3S. The molecule has 0 rings (SSSR count). The lowest BCUT2D eigenvalue weighted by Crippen LogP contribution is -2.43. The molecule has 2 unspecified atom stereocenters. The van der Waals surface area contributed by atoms with Crippen molar-refractivity contribution in [2.75, 3.05) is 18.1 Å². The van der Waals surface area contributed by atoms with E-state index in [2.05, 4.69) is 0 Å². The number of hydrogen-bond donors (Lipinski definition) is 2. The fraction of sp³-hybridized carbons (Fsp3) is 0.889. The summed E-state index contributed by atoms with van der Waals surface area (Å²) in [7, 11) is 0. The second kappa shape index (κ2) is 8.08. The number of thioether (sulfide) groups is 1. The first-order chi connectivity index (χ1) is 6.63. The second-order valence-electron chi connectivity index (χ2n) is 2.83. The van der Waals surface area contributed by atoms with Crippen LogP contribution in [0.2, 0.25) is 0 Å². The van der Waals surface area contributed by atoms with E-state index in [1.807, 2.05) is 6.92 Å². The summed E-state index contributed by atoms with van der Waals surface area (Å²) in [6, 6.07) is -0.910. The Hall–Kier alpha value is -0.260. The summed E-state index contributed by atoms with van der Waals surface area (Å²) in [5, 5.41) is 9.50. The first-order valence-corrected chi connectivity index (χ1v) is 5.96. The number of ether oxygens (including phenoxy) is 1. The summed E-state index contributed by atoms with van der Waals surface area (Å²) >= 11 is 1.71. The molecule has 0 heterocycles. The van der Waals surface area contributed by atoms with Crippen molar-refractivity contribution in [1.82, 2.24) is 0 Å². The van der Waals surface area contributed by atoms with Gasteiger partial charge < -0.3 is 15.6 Å². The van der Waals surface area contributed by atoms with Gasteiger partial charge in [-0.3, -0.25) is 4.79 Å². The summed E-state index contributed by atoms with van der Waals surface area (Å²) < 4.78 is 4.70. The lowest BCUT2D eigenvalue weighted by Gasteiger charge is -2.16. The minimum absolute atomic E-state index is 0.295. The Bertz CT molecular complexity index is 166. The van der Waals surface area contributed by atoms with Crippen molar-refractivity contribution in [3.63, 3.8) is 0 Å². The molecule has 3 N–H and O–H groups in total. The highest BCUT2D eigenvalue weighted by Crippen LogP contribution is 2.06. The maximum absolute atomic E-state index is 11.1. The molecular weight excluding hydrogens is 202 g/mol. The van der Waals surface area contributed by atoms with E-state index < -0.39 is 18.1 Å². The molecule has 0 saturated carbocycles. The van der Waals surface area contributed by atoms with Gasteiger partial charge in [0.05, 0.1) is 12.7 Å². The molecule has 0 spiro atoms. The van der Waals surface area contributed by atoms with Crippen molar-refractivity contribution in [3.05, 3.63) is 0 Å². The molecule has 14 heavy (non-hydrogen) atoms. The highest BCUT2D eigenvalue weighted by atomic mass is 32.2. The van der Waals surface area contributed by atoms with E-state index in [0.29, 0.717) is 13.0 Å². The normalized spacial score (nSPS) is 14.9. The zero-order chi connectivity index (χ0) is 11.0. The molecule has 0 radical (unpaired) electrons. The summed E-state index contributed by atoms with van der Waals surface area (Å²) in [4.78, 5) is 11.1. The third kappa shape index (κ3) is 5.47. The van der Waals surface area contributed by atoms with Gasteiger partial charge in [-0.1, -0.05) is 6.92 Å². The van der Waals surface area contributed by atoms with E-state index in [4.69, 9.17) is 10.5 Å². The van der Waals surface area contributed by atoms with Crippen LogP contribution in [0.15, 0.2) is 0 Å². The highest BCUT2D eigenvalue weighted by Gasteiger charge is 2.23. The van der Waals surface area contributed by atoms with Crippen LogP contribution in [0.5, 0.6) is 0 Å². The molecule has 4 nitrogen and oxygen atoms in total. The lowest BCUT2D eigenvalue weighted by molar-refractivity contribution is -0.147. The topological polar surface area (TPSA) is 72.5 Å². The van der Waals surface area contributed by atoms with Gasteiger partial charge in [0.25, 0.3) is 0 Å². The molecule has 5 heteroatoms. The quantitative estimate of drug-likeness (QED) is 0.480. The Morgan fingerprint density at radius 3 is 2.71 bits per heavy atom. The molecule has 0 aliphatic rings. The molecule has 0 amide bonds. The molecule has 0 aromatic heterocycles. The number of hydrogen-bond acceptors (Lipinski definition) is 5. The van der Waals surface area contributed by atoms with Crippen LogP contribution < -0.4 is 5.73 Å². The molecule has 0 aromatic carbocycles. The number of rotatable bonds is 7. The number of aliphatic hydroxyl groups is 1. The average Bonchev–Trinajstić information content (AvgIpc) is 2.17. The largest absolute Gasteiger partial charge is 0.465 e. The van der Waals surface area contributed by atoms with Crippen LogP contribution in [0.25, 0.3) is 0 Å². The van der Waals surface area contributed by atoms with Gasteiger partial charge in [-0.2, -0.15) is 11.8 Å². The van der Waals surface area contributed by atoms with Gasteiger partial charge in [0.2, 0.25) is 0 Å². The van der Waals surface area contributed by atoms with Crippen LogP contribution in [0.4, 0.5) is 0 Å². The van der Waals surface area contributed by atoms with Crippen molar-refractivity contribution < 1.29 is 14.6 Å². The van der Waals surface area contributed by atoms with Crippen LogP contribution in [0, 0.1) is 0 Å². The predicted molar refractivity (Wildman–Crippen MR) is 58.2 cm³/mol. The first-order valence-electron chi connectivity index (χ1n) is 4.81. The molecule has 0 aliphatic carbocycles. The minimum Gasteiger partial charge on any atom is -0.465 e. The summed E-state index contributed by atoms with van der Waals surface area (Å²) in [5.41, 5.74) is 5.50. The predicted octanol–water partition coefficient (Wildman–Crippen LogP) is 0.381. The Kier molecular flexibility index (Phi) is 7.93. The van der Waals surface area contributed by atoms with E-state index >= 15 is 0 Å². The van der Waals surface area contributed by atoms with E-state index in [1.165, 1.54) is 0 Å². The minimum atomic E-state index is -0.910. The Labute approximate surface area is 89.2 Å². The smallest absolute Gasteiger partial charge is 0.325 e. The van der Waals surface area contributed by atoms with Crippen LogP contribution in [-0.4, -0.2) is 41.3 Å². The highest BCUT2D eigenvalue weighted by molar-refractivity contribution is 7.99. The molecule has 0 bridgehead atoms. The van der Waals surface area contributed by atoms with Crippen molar-refractivity contribution in [1.29, 1.82) is 0 Å². The number of aliphatic hydroxyl groups excluding tert-OH is 1. The third-order valence-electron chi connectivity index (χ3n) is 1.74. The maximum Gasteiger partial charge on any atom is 0.325 e. The zero-order valence-corrected chi connectivity index (χ0v) is 9.55. The van der Waals surface area contributed by atoms with Crippen LogP contribution in [0.1, 0.15) is 20.3 Å². The summed E-state index contributed by atoms with van der Waals surface area (Å²) in [6.07, 6.45) is -0.272. The number of carbonyl (C=O) groups excluding carboxylic acids is 1. The van der Waals surface area contributed by atoms with Crippen molar-refractivity contribution in [2.45, 2.75) is 32.4 Å². The molecule has 0 aromatic rings. The van der Waals surface area contributed by atoms with Crippen LogP contribution in [0.3, 0.4) is 0 Å². The van der Waals surface area contributed by atoms with E-state index in [1.54, 1.807) is 18.7 Å². The molecule has 0 saturated heterocycles. The van der Waals surface area contributed by atoms with Crippen molar-refractivity contribution in [2.24, 2.45) is 5.73 Å². The third-order valence-corrected chi connectivity index (χ3v) is 2.67. The Morgan fingerprint density at radius 2 is 2.21 bits per heavy atom. The van der Waals surface area contributed by atoms with E-state index in [9.17, 15) is 9.90 Å². The average molecular weight is 221 g/mol. The molecule has 0 aliphatic heterocycles. The number of nitrogens with two attached hydrogens (primary N) is 1. The zero-order valence-electron chi connectivity index (χ0n) is 8.73. The summed E-state index contributed by atoms with van der Waals surface area (Å²) in [6.45, 7) is 4.05. The van der Waals surface area contributed by atoms with Gasteiger partial charge in [-0.05, 0) is 24.9 Å². The van der Waals surface area contributed by atoms with Gasteiger partial charge in [0.1, 0.15) is 6.04 Å². The number of carbonyl (C=O) groups is 1. The monoisotopic (exact) mass is 221 g/mol. The number of esters is 1. The maximum atomic E-state index is 11.1. The summed E-state index contributed by atoms with van der Waals surface area (Å²) in [5.74, 6) is 1.29. The van der Waals surface area contributed by atoms with Crippen molar-refractivity contribution >= 4 is 17.7 Å². The SMILES string of the molecule is CCOC(=O)C(N)C(O)CCSCC. The molecule has 84 valence electrons. The van der Waals surface area contributed by atoms with Crippen LogP contribution >= 0.6 is 11.8 Å². The Balaban J connectivity index is 3.74. The van der Waals surface area contributed by atoms with Gasteiger partial charge in [-0.25, -0.2) is 0 Å². The van der Waals surface area contributed by atoms with Gasteiger partial charge in [0.15, 0.2) is 0 Å². The Morgan fingerprint density at radius 1 is 1.57 bits per heavy atom. The molecule has 2 atom stereocenters. The first kappa shape index (κ1) is 13.7.